The summed E-state index contributed by atoms with van der Waals surface area (Å²) in [5.74, 6) is -1.20. The van der Waals surface area contributed by atoms with Gasteiger partial charge in [-0.25, -0.2) is 0 Å². The highest BCUT2D eigenvalue weighted by Crippen LogP contribution is 2.40. The van der Waals surface area contributed by atoms with Crippen molar-refractivity contribution in [1.29, 1.82) is 0 Å². The van der Waals surface area contributed by atoms with E-state index in [1.807, 2.05) is 39.8 Å². The van der Waals surface area contributed by atoms with Gasteiger partial charge in [-0.3, -0.25) is 14.6 Å². The summed E-state index contributed by atoms with van der Waals surface area (Å²) < 4.78 is 0. The first-order valence-corrected chi connectivity index (χ1v) is 10.2. The quantitative estimate of drug-likeness (QED) is 0.692. The second-order valence-corrected chi connectivity index (χ2v) is 8.43. The standard InChI is InChI=1S/C24H27ClN2O2/c1-13-9-14(2)22(15(3)10-13)23-21(28)11-18(24(23)29)16(4)17(5)27-12-20-19(25)7-6-8-26-20/h6-10,16,18,23,27H,5,11-12H2,1-4H3. The van der Waals surface area contributed by atoms with Crippen LogP contribution in [0.2, 0.25) is 5.02 Å². The Morgan fingerprint density at radius 2 is 1.93 bits per heavy atom. The largest absolute Gasteiger partial charge is 0.383 e. The Morgan fingerprint density at radius 1 is 1.28 bits per heavy atom. The lowest BCUT2D eigenvalue weighted by Crippen LogP contribution is -2.27. The number of nitrogens with zero attached hydrogens (tertiary/aromatic N) is 1. The second-order valence-electron chi connectivity index (χ2n) is 8.02. The maximum atomic E-state index is 13.3. The molecule has 0 bridgehead atoms. The molecule has 1 heterocycles. The zero-order chi connectivity index (χ0) is 21.3. The van der Waals surface area contributed by atoms with E-state index in [1.54, 1.807) is 18.3 Å². The SMILES string of the molecule is C=C(NCc1ncccc1Cl)C(C)C1CC(=O)C(c2c(C)cc(C)cc2C)C1=O. The van der Waals surface area contributed by atoms with Gasteiger partial charge in [0.2, 0.25) is 0 Å². The first-order valence-electron chi connectivity index (χ1n) is 9.87. The van der Waals surface area contributed by atoms with Crippen molar-refractivity contribution in [1.82, 2.24) is 10.3 Å². The van der Waals surface area contributed by atoms with Crippen molar-refractivity contribution >= 4 is 23.2 Å². The van der Waals surface area contributed by atoms with Crippen LogP contribution in [0, 0.1) is 32.6 Å². The molecule has 1 fully saturated rings. The number of Topliss-reactive ketones (excluding diaryl/α,β-unsaturated/α-hetero) is 2. The third kappa shape index (κ3) is 4.27. The molecule has 3 rings (SSSR count). The van der Waals surface area contributed by atoms with Gasteiger partial charge in [0.25, 0.3) is 0 Å². The number of ketones is 2. The van der Waals surface area contributed by atoms with Crippen molar-refractivity contribution < 1.29 is 9.59 Å². The molecular weight excluding hydrogens is 384 g/mol. The molecule has 0 spiro atoms. The minimum Gasteiger partial charge on any atom is -0.383 e. The number of carbonyl (C=O) groups excluding carboxylic acids is 2. The average molecular weight is 411 g/mol. The summed E-state index contributed by atoms with van der Waals surface area (Å²) in [5.41, 5.74) is 5.46. The maximum Gasteiger partial charge on any atom is 0.151 e. The summed E-state index contributed by atoms with van der Waals surface area (Å²) in [6.07, 6.45) is 1.94. The molecule has 1 aliphatic rings. The van der Waals surface area contributed by atoms with Crippen LogP contribution < -0.4 is 5.32 Å². The van der Waals surface area contributed by atoms with E-state index in [0.717, 1.165) is 33.6 Å². The number of hydrogen-bond acceptors (Lipinski definition) is 4. The summed E-state index contributed by atoms with van der Waals surface area (Å²) >= 11 is 6.15. The highest BCUT2D eigenvalue weighted by atomic mass is 35.5. The van der Waals surface area contributed by atoms with Crippen molar-refractivity contribution in [2.45, 2.75) is 46.6 Å². The van der Waals surface area contributed by atoms with Crippen LogP contribution in [0.15, 0.2) is 42.7 Å². The molecule has 152 valence electrons. The van der Waals surface area contributed by atoms with Crippen LogP contribution in [0.25, 0.3) is 0 Å². The summed E-state index contributed by atoms with van der Waals surface area (Å²) in [7, 11) is 0. The Balaban J connectivity index is 1.75. The average Bonchev–Trinajstić information content (AvgIpc) is 2.94. The summed E-state index contributed by atoms with van der Waals surface area (Å²) in [6.45, 7) is 12.5. The Hall–Kier alpha value is -2.46. The first-order chi connectivity index (χ1) is 13.7. The number of aryl methyl sites for hydroxylation is 3. The molecule has 1 N–H and O–H groups in total. The Labute approximate surface area is 177 Å². The van der Waals surface area contributed by atoms with E-state index in [2.05, 4.69) is 16.9 Å². The molecule has 0 aliphatic heterocycles. The van der Waals surface area contributed by atoms with Gasteiger partial charge >= 0.3 is 0 Å². The lowest BCUT2D eigenvalue weighted by molar-refractivity contribution is -0.125. The fourth-order valence-electron chi connectivity index (χ4n) is 4.33. The van der Waals surface area contributed by atoms with E-state index in [1.165, 1.54) is 0 Å². The number of allylic oxidation sites excluding steroid dienone is 1. The zero-order valence-electron chi connectivity index (χ0n) is 17.4. The Kier molecular flexibility index (Phi) is 6.23. The molecule has 29 heavy (non-hydrogen) atoms. The summed E-state index contributed by atoms with van der Waals surface area (Å²) in [5, 5.41) is 3.81. The third-order valence-corrected chi connectivity index (χ3v) is 6.23. The number of rotatable bonds is 6. The van der Waals surface area contributed by atoms with E-state index in [-0.39, 0.29) is 29.8 Å². The number of hydrogen-bond donors (Lipinski definition) is 1. The number of benzene rings is 1. The minimum absolute atomic E-state index is 0.00229. The fraction of sp³-hybridized carbons (Fsp3) is 0.375. The van der Waals surface area contributed by atoms with Gasteiger partial charge in [0, 0.05) is 30.2 Å². The molecule has 4 nitrogen and oxygen atoms in total. The van der Waals surface area contributed by atoms with E-state index >= 15 is 0 Å². The summed E-state index contributed by atoms with van der Waals surface area (Å²) in [4.78, 5) is 30.4. The van der Waals surface area contributed by atoms with E-state index in [9.17, 15) is 9.59 Å². The molecule has 5 heteroatoms. The smallest absolute Gasteiger partial charge is 0.151 e. The van der Waals surface area contributed by atoms with E-state index < -0.39 is 5.92 Å². The molecule has 3 unspecified atom stereocenters. The molecule has 1 saturated carbocycles. The third-order valence-electron chi connectivity index (χ3n) is 5.89. The number of carbonyl (C=O) groups is 2. The number of nitrogens with one attached hydrogen (secondary N) is 1. The molecule has 1 aromatic carbocycles. The van der Waals surface area contributed by atoms with Gasteiger partial charge in [-0.05, 0) is 49.6 Å². The Morgan fingerprint density at radius 3 is 2.55 bits per heavy atom. The molecule has 1 aliphatic carbocycles. The summed E-state index contributed by atoms with van der Waals surface area (Å²) in [6, 6.07) is 7.64. The van der Waals surface area contributed by atoms with Crippen LogP contribution in [0.3, 0.4) is 0 Å². The van der Waals surface area contributed by atoms with Gasteiger partial charge in [-0.1, -0.05) is 42.8 Å². The van der Waals surface area contributed by atoms with Gasteiger partial charge in [0.1, 0.15) is 11.7 Å². The predicted octanol–water partition coefficient (Wildman–Crippen LogP) is 4.84. The molecular formula is C24H27ClN2O2. The molecule has 2 aromatic rings. The maximum absolute atomic E-state index is 13.3. The topological polar surface area (TPSA) is 59.1 Å². The second kappa shape index (κ2) is 8.50. The normalized spacial score (nSPS) is 20.0. The van der Waals surface area contributed by atoms with Crippen LogP contribution in [0.1, 0.15) is 47.2 Å². The minimum atomic E-state index is -0.666. The number of pyridine rings is 1. The van der Waals surface area contributed by atoms with E-state index in [4.69, 9.17) is 11.6 Å². The van der Waals surface area contributed by atoms with Crippen LogP contribution >= 0.6 is 11.6 Å². The monoisotopic (exact) mass is 410 g/mol. The fourth-order valence-corrected chi connectivity index (χ4v) is 4.52. The predicted molar refractivity (Wildman–Crippen MR) is 116 cm³/mol. The lowest BCUT2D eigenvalue weighted by Gasteiger charge is -2.22. The van der Waals surface area contributed by atoms with Crippen LogP contribution in [0.4, 0.5) is 0 Å². The van der Waals surface area contributed by atoms with E-state index in [0.29, 0.717) is 11.6 Å². The van der Waals surface area contributed by atoms with Gasteiger partial charge in [-0.2, -0.15) is 0 Å². The number of aromatic nitrogens is 1. The zero-order valence-corrected chi connectivity index (χ0v) is 18.1. The lowest BCUT2D eigenvalue weighted by atomic mass is 9.84. The molecule has 0 saturated heterocycles. The molecule has 0 radical (unpaired) electrons. The van der Waals surface area contributed by atoms with Crippen LogP contribution in [-0.2, 0) is 16.1 Å². The van der Waals surface area contributed by atoms with Crippen molar-refractivity contribution in [3.8, 4) is 0 Å². The highest BCUT2D eigenvalue weighted by molar-refractivity contribution is 6.31. The van der Waals surface area contributed by atoms with Crippen molar-refractivity contribution in [3.63, 3.8) is 0 Å². The van der Waals surface area contributed by atoms with Crippen LogP contribution in [0.5, 0.6) is 0 Å². The van der Waals surface area contributed by atoms with Crippen molar-refractivity contribution in [3.05, 3.63) is 75.7 Å². The van der Waals surface area contributed by atoms with Crippen molar-refractivity contribution in [2.24, 2.45) is 11.8 Å². The molecule has 0 amide bonds. The Bertz CT molecular complexity index is 960. The number of halogens is 1. The van der Waals surface area contributed by atoms with Gasteiger partial charge < -0.3 is 5.32 Å². The molecule has 3 atom stereocenters. The van der Waals surface area contributed by atoms with Crippen molar-refractivity contribution in [2.75, 3.05) is 0 Å². The van der Waals surface area contributed by atoms with Gasteiger partial charge in [-0.15, -0.1) is 0 Å². The van der Waals surface area contributed by atoms with Gasteiger partial charge in [0.05, 0.1) is 17.3 Å². The highest BCUT2D eigenvalue weighted by Gasteiger charge is 2.45. The van der Waals surface area contributed by atoms with Crippen LogP contribution in [-0.4, -0.2) is 16.6 Å². The van der Waals surface area contributed by atoms with Gasteiger partial charge in [0.15, 0.2) is 5.78 Å². The molecule has 1 aromatic heterocycles. The first kappa shape index (κ1) is 21.3.